The first-order chi connectivity index (χ1) is 13.7. The molecular formula is C21H29N5O2. The van der Waals surface area contributed by atoms with Crippen LogP contribution in [0.4, 0.5) is 11.5 Å². The number of hydrogen-bond donors (Lipinski definition) is 2. The Kier molecular flexibility index (Phi) is 4.70. The molecule has 4 aliphatic rings. The van der Waals surface area contributed by atoms with E-state index in [4.69, 9.17) is 9.73 Å². The van der Waals surface area contributed by atoms with E-state index in [2.05, 4.69) is 21.7 Å². The van der Waals surface area contributed by atoms with Crippen molar-refractivity contribution in [2.24, 2.45) is 4.99 Å². The van der Waals surface area contributed by atoms with Crippen LogP contribution in [0.3, 0.4) is 0 Å². The second-order valence-electron chi connectivity index (χ2n) is 8.47. The van der Waals surface area contributed by atoms with Gasteiger partial charge in [0.05, 0.1) is 17.3 Å². The number of aliphatic imine (C=N–C) groups is 1. The molecule has 3 aliphatic heterocycles. The number of fused-ring (bicyclic) bond motifs is 1. The third kappa shape index (κ3) is 3.26. The van der Waals surface area contributed by atoms with Gasteiger partial charge in [-0.1, -0.05) is 12.8 Å². The second-order valence-corrected chi connectivity index (χ2v) is 8.47. The predicted octanol–water partition coefficient (Wildman–Crippen LogP) is 2.80. The van der Waals surface area contributed by atoms with E-state index in [0.717, 1.165) is 56.1 Å². The second kappa shape index (κ2) is 7.35. The molecule has 1 aliphatic carbocycles. The Labute approximate surface area is 165 Å². The number of anilines is 2. The third-order valence-corrected chi connectivity index (χ3v) is 6.64. The molecule has 1 atom stereocenters. The fourth-order valence-electron chi connectivity index (χ4n) is 4.97. The van der Waals surface area contributed by atoms with Crippen LogP contribution in [0, 0.1) is 0 Å². The van der Waals surface area contributed by atoms with Crippen LogP contribution in [0.2, 0.25) is 0 Å². The summed E-state index contributed by atoms with van der Waals surface area (Å²) in [7, 11) is 0. The highest BCUT2D eigenvalue weighted by Crippen LogP contribution is 2.37. The van der Waals surface area contributed by atoms with E-state index in [1.165, 1.54) is 25.7 Å². The van der Waals surface area contributed by atoms with Gasteiger partial charge in [0.1, 0.15) is 11.9 Å². The monoisotopic (exact) mass is 383 g/mol. The normalized spacial score (nSPS) is 28.2. The minimum absolute atomic E-state index is 0.160. The van der Waals surface area contributed by atoms with Gasteiger partial charge in [-0.25, -0.2) is 4.98 Å². The van der Waals surface area contributed by atoms with Gasteiger partial charge < -0.3 is 20.3 Å². The molecule has 1 aromatic rings. The Balaban J connectivity index is 1.37. The van der Waals surface area contributed by atoms with Gasteiger partial charge in [-0.05, 0) is 50.7 Å². The molecule has 1 amide bonds. The molecule has 1 aromatic heterocycles. The zero-order valence-electron chi connectivity index (χ0n) is 16.3. The maximum Gasteiger partial charge on any atom is 0.251 e. The first kappa shape index (κ1) is 17.9. The lowest BCUT2D eigenvalue weighted by molar-refractivity contribution is -0.142. The van der Waals surface area contributed by atoms with Crippen molar-refractivity contribution in [3.05, 3.63) is 18.3 Å². The number of carbonyl (C=O) groups is 1. The zero-order valence-corrected chi connectivity index (χ0v) is 16.3. The van der Waals surface area contributed by atoms with E-state index >= 15 is 0 Å². The summed E-state index contributed by atoms with van der Waals surface area (Å²) in [6.45, 7) is 2.17. The van der Waals surface area contributed by atoms with Crippen molar-refractivity contribution in [3.8, 4) is 0 Å². The molecule has 7 heteroatoms. The molecule has 1 spiro atoms. The van der Waals surface area contributed by atoms with Crippen molar-refractivity contribution in [3.63, 3.8) is 0 Å². The Morgan fingerprint density at radius 2 is 2.04 bits per heavy atom. The maximum absolute atomic E-state index is 12.8. The number of nitrogens with one attached hydrogen (secondary N) is 2. The summed E-state index contributed by atoms with van der Waals surface area (Å²) in [5.41, 5.74) is 0.776. The Morgan fingerprint density at radius 1 is 1.21 bits per heavy atom. The smallest absolute Gasteiger partial charge is 0.251 e. The summed E-state index contributed by atoms with van der Waals surface area (Å²) >= 11 is 0. The molecule has 2 saturated heterocycles. The molecule has 3 fully saturated rings. The van der Waals surface area contributed by atoms with E-state index in [1.54, 1.807) is 0 Å². The van der Waals surface area contributed by atoms with Gasteiger partial charge in [0.15, 0.2) is 5.82 Å². The van der Waals surface area contributed by atoms with Crippen LogP contribution < -0.4 is 10.6 Å². The summed E-state index contributed by atoms with van der Waals surface area (Å²) in [5.74, 6) is 2.02. The van der Waals surface area contributed by atoms with Gasteiger partial charge in [0, 0.05) is 25.9 Å². The van der Waals surface area contributed by atoms with Gasteiger partial charge in [-0.2, -0.15) is 0 Å². The van der Waals surface area contributed by atoms with Gasteiger partial charge >= 0.3 is 0 Å². The first-order valence-electron chi connectivity index (χ1n) is 10.7. The lowest BCUT2D eigenvalue weighted by Gasteiger charge is -2.46. The predicted molar refractivity (Wildman–Crippen MR) is 109 cm³/mol. The summed E-state index contributed by atoms with van der Waals surface area (Å²) in [4.78, 5) is 24.4. The van der Waals surface area contributed by atoms with Crippen molar-refractivity contribution in [2.45, 2.75) is 69.1 Å². The minimum atomic E-state index is -0.244. The Morgan fingerprint density at radius 3 is 2.79 bits per heavy atom. The Bertz CT molecular complexity index is 760. The number of nitrogens with zero attached hydrogens (tertiary/aromatic N) is 3. The molecule has 2 N–H and O–H groups in total. The topological polar surface area (TPSA) is 78.8 Å². The third-order valence-electron chi connectivity index (χ3n) is 6.64. The highest BCUT2D eigenvalue weighted by atomic mass is 16.5. The van der Waals surface area contributed by atoms with Crippen LogP contribution in [0.5, 0.6) is 0 Å². The molecule has 0 bridgehead atoms. The lowest BCUT2D eigenvalue weighted by Crippen LogP contribution is -2.60. The molecule has 0 radical (unpaired) electrons. The number of hydrogen-bond acceptors (Lipinski definition) is 5. The number of amidine groups is 1. The van der Waals surface area contributed by atoms with Crippen LogP contribution in [-0.4, -0.2) is 59.0 Å². The number of amides is 1. The molecule has 5 rings (SSSR count). The number of ether oxygens (including phenoxy) is 1. The summed E-state index contributed by atoms with van der Waals surface area (Å²) in [5, 5.41) is 7.27. The van der Waals surface area contributed by atoms with Crippen LogP contribution in [-0.2, 0) is 9.53 Å². The number of rotatable bonds is 2. The highest BCUT2D eigenvalue weighted by Gasteiger charge is 2.45. The van der Waals surface area contributed by atoms with Crippen molar-refractivity contribution in [1.29, 1.82) is 0 Å². The van der Waals surface area contributed by atoms with Gasteiger partial charge in [-0.3, -0.25) is 9.79 Å². The molecule has 0 unspecified atom stereocenters. The van der Waals surface area contributed by atoms with Crippen LogP contribution in [0.1, 0.15) is 51.4 Å². The molecule has 7 nitrogen and oxygen atoms in total. The van der Waals surface area contributed by atoms with E-state index in [9.17, 15) is 4.79 Å². The molecule has 1 saturated carbocycles. The number of pyridine rings is 1. The molecule has 28 heavy (non-hydrogen) atoms. The number of piperidine rings is 1. The van der Waals surface area contributed by atoms with Crippen LogP contribution in [0.25, 0.3) is 0 Å². The fraction of sp³-hybridized carbons (Fsp3) is 0.667. The number of aromatic nitrogens is 1. The van der Waals surface area contributed by atoms with Crippen molar-refractivity contribution < 1.29 is 9.53 Å². The average Bonchev–Trinajstić information content (AvgIpc) is 3.43. The van der Waals surface area contributed by atoms with Crippen molar-refractivity contribution in [1.82, 2.24) is 9.88 Å². The van der Waals surface area contributed by atoms with E-state index in [1.807, 2.05) is 17.2 Å². The number of carbonyl (C=O) groups excluding carboxylic acids is 1. The van der Waals surface area contributed by atoms with E-state index in [-0.39, 0.29) is 17.6 Å². The van der Waals surface area contributed by atoms with Crippen molar-refractivity contribution in [2.75, 3.05) is 30.3 Å². The molecule has 0 aromatic carbocycles. The van der Waals surface area contributed by atoms with Crippen LogP contribution in [0.15, 0.2) is 23.3 Å². The maximum atomic E-state index is 12.8. The van der Waals surface area contributed by atoms with E-state index in [0.29, 0.717) is 12.6 Å². The largest absolute Gasteiger partial charge is 0.370 e. The van der Waals surface area contributed by atoms with Gasteiger partial charge in [0.25, 0.3) is 5.91 Å². The minimum Gasteiger partial charge on any atom is -0.370 e. The molecular weight excluding hydrogens is 354 g/mol. The van der Waals surface area contributed by atoms with Gasteiger partial charge in [0.2, 0.25) is 0 Å². The van der Waals surface area contributed by atoms with Crippen LogP contribution >= 0.6 is 0 Å². The van der Waals surface area contributed by atoms with Gasteiger partial charge in [-0.15, -0.1) is 0 Å². The SMILES string of the molecule is O=C([C@H]1CCCO1)N1CCC2(CC1)Nc1cccnc1NC2=NC1CCCC1. The van der Waals surface area contributed by atoms with E-state index < -0.39 is 0 Å². The summed E-state index contributed by atoms with van der Waals surface area (Å²) in [6, 6.07) is 4.42. The standard InChI is InChI=1S/C21H29N5O2/c27-19(17-8-4-14-28-17)26-12-9-21(10-13-26)20(23-15-5-1-2-6-15)24-18-16(25-21)7-3-11-22-18/h3,7,11,15,17,25H,1-2,4-6,8-10,12-14H2,(H,22,23,24)/t17-/m1/s1. The zero-order chi connectivity index (χ0) is 19.0. The Hall–Kier alpha value is -2.15. The summed E-state index contributed by atoms with van der Waals surface area (Å²) in [6.07, 6.45) is 9.97. The average molecular weight is 383 g/mol. The fourth-order valence-corrected chi connectivity index (χ4v) is 4.97. The summed E-state index contributed by atoms with van der Waals surface area (Å²) < 4.78 is 5.61. The lowest BCUT2D eigenvalue weighted by atomic mass is 9.83. The first-order valence-corrected chi connectivity index (χ1v) is 10.7. The quantitative estimate of drug-likeness (QED) is 0.821. The molecule has 150 valence electrons. The highest BCUT2D eigenvalue weighted by molar-refractivity contribution is 6.08. The number of likely N-dealkylation sites (tertiary alicyclic amines) is 1. The van der Waals surface area contributed by atoms with Crippen molar-refractivity contribution >= 4 is 23.2 Å². The molecule has 4 heterocycles.